The second-order valence-electron chi connectivity index (χ2n) is 3.60. The third kappa shape index (κ3) is 3.22. The number of aliphatic imine (C=N–C) groups is 1. The summed E-state index contributed by atoms with van der Waals surface area (Å²) in [5.74, 6) is -0.659. The molecule has 0 saturated carbocycles. The van der Waals surface area contributed by atoms with Crippen LogP contribution in [-0.4, -0.2) is 29.0 Å². The first kappa shape index (κ1) is 14.2. The number of hydrogen-bond acceptors (Lipinski definition) is 6. The van der Waals surface area contributed by atoms with Crippen LogP contribution in [0.3, 0.4) is 0 Å². The summed E-state index contributed by atoms with van der Waals surface area (Å²) in [6, 6.07) is 3.00. The number of ether oxygens (including phenoxy) is 1. The average Bonchev–Trinajstić information content (AvgIpc) is 2.84. The molecule has 2 rings (SSSR count). The zero-order valence-electron chi connectivity index (χ0n) is 10.3. The van der Waals surface area contributed by atoms with E-state index in [1.807, 2.05) is 0 Å². The molecule has 0 aliphatic heterocycles. The predicted molar refractivity (Wildman–Crippen MR) is 77.2 cm³/mol. The molecular formula is C11H10ClN5O2S. The lowest BCUT2D eigenvalue weighted by Crippen LogP contribution is -2.21. The Bertz CT molecular complexity index is 681. The van der Waals surface area contributed by atoms with Gasteiger partial charge < -0.3 is 16.2 Å². The van der Waals surface area contributed by atoms with Crippen LogP contribution in [-0.2, 0) is 4.74 Å². The lowest BCUT2D eigenvalue weighted by Gasteiger charge is -2.02. The summed E-state index contributed by atoms with van der Waals surface area (Å²) in [7, 11) is 1.27. The minimum atomic E-state index is -0.576. The van der Waals surface area contributed by atoms with Crippen LogP contribution in [0.1, 0.15) is 10.5 Å². The minimum Gasteiger partial charge on any atom is -0.464 e. The van der Waals surface area contributed by atoms with Gasteiger partial charge in [0.1, 0.15) is 5.69 Å². The van der Waals surface area contributed by atoms with Gasteiger partial charge in [-0.3, -0.25) is 0 Å². The van der Waals surface area contributed by atoms with Gasteiger partial charge in [0.2, 0.25) is 5.13 Å². The Morgan fingerprint density at radius 2 is 2.10 bits per heavy atom. The van der Waals surface area contributed by atoms with Crippen LogP contribution in [0.15, 0.2) is 22.5 Å². The molecule has 0 bridgehead atoms. The normalized spacial score (nSPS) is 10.1. The molecule has 0 aromatic carbocycles. The van der Waals surface area contributed by atoms with E-state index >= 15 is 0 Å². The van der Waals surface area contributed by atoms with Crippen molar-refractivity contribution in [3.63, 3.8) is 0 Å². The maximum atomic E-state index is 11.5. The molecule has 9 heteroatoms. The van der Waals surface area contributed by atoms with E-state index in [1.54, 1.807) is 11.4 Å². The van der Waals surface area contributed by atoms with Gasteiger partial charge in [-0.2, -0.15) is 4.99 Å². The number of esters is 1. The highest BCUT2D eigenvalue weighted by Gasteiger charge is 2.13. The van der Waals surface area contributed by atoms with Crippen LogP contribution in [0.2, 0.25) is 5.02 Å². The van der Waals surface area contributed by atoms with Crippen LogP contribution in [0.25, 0.3) is 11.4 Å². The number of nitrogens with zero attached hydrogens (tertiary/aromatic N) is 3. The molecule has 2 aromatic heterocycles. The van der Waals surface area contributed by atoms with Gasteiger partial charge in [-0.1, -0.05) is 11.6 Å². The topological polar surface area (TPSA) is 116 Å². The van der Waals surface area contributed by atoms with Crippen LogP contribution < -0.4 is 11.5 Å². The number of aromatic nitrogens is 2. The average molecular weight is 312 g/mol. The highest BCUT2D eigenvalue weighted by atomic mass is 35.5. The van der Waals surface area contributed by atoms with Crippen molar-refractivity contribution in [1.82, 2.24) is 9.97 Å². The maximum Gasteiger partial charge on any atom is 0.356 e. The van der Waals surface area contributed by atoms with Crippen molar-refractivity contribution < 1.29 is 9.53 Å². The van der Waals surface area contributed by atoms with Crippen molar-refractivity contribution in [1.29, 1.82) is 0 Å². The molecule has 0 spiro atoms. The molecule has 0 amide bonds. The zero-order chi connectivity index (χ0) is 14.7. The third-order valence-electron chi connectivity index (χ3n) is 2.16. The Morgan fingerprint density at radius 1 is 1.35 bits per heavy atom. The SMILES string of the molecule is COC(=O)c1cc(Cl)cc(-c2csc(N=C(N)N)n2)n1. The summed E-state index contributed by atoms with van der Waals surface area (Å²) in [5, 5.41) is 2.45. The molecule has 0 unspecified atom stereocenters. The largest absolute Gasteiger partial charge is 0.464 e. The van der Waals surface area contributed by atoms with Crippen LogP contribution in [0, 0.1) is 0 Å². The van der Waals surface area contributed by atoms with Gasteiger partial charge in [0.15, 0.2) is 11.7 Å². The van der Waals surface area contributed by atoms with E-state index in [9.17, 15) is 4.79 Å². The highest BCUT2D eigenvalue weighted by Crippen LogP contribution is 2.27. The second-order valence-corrected chi connectivity index (χ2v) is 4.87. The number of thiazole rings is 1. The summed E-state index contributed by atoms with van der Waals surface area (Å²) in [5.41, 5.74) is 11.6. The number of hydrogen-bond donors (Lipinski definition) is 2. The summed E-state index contributed by atoms with van der Waals surface area (Å²) in [6.07, 6.45) is 0. The van der Waals surface area contributed by atoms with Gasteiger partial charge in [0, 0.05) is 10.4 Å². The Hall–Kier alpha value is -2.19. The van der Waals surface area contributed by atoms with Crippen molar-refractivity contribution in [2.75, 3.05) is 7.11 Å². The van der Waals surface area contributed by atoms with Gasteiger partial charge >= 0.3 is 5.97 Å². The minimum absolute atomic E-state index is 0.0831. The fourth-order valence-corrected chi connectivity index (χ4v) is 2.29. The molecular weight excluding hydrogens is 302 g/mol. The smallest absolute Gasteiger partial charge is 0.356 e. The molecule has 0 saturated heterocycles. The molecule has 0 aliphatic rings. The Labute approximate surface area is 123 Å². The highest BCUT2D eigenvalue weighted by molar-refractivity contribution is 7.13. The quantitative estimate of drug-likeness (QED) is 0.504. The van der Waals surface area contributed by atoms with Gasteiger partial charge in [-0.15, -0.1) is 11.3 Å². The third-order valence-corrected chi connectivity index (χ3v) is 3.12. The van der Waals surface area contributed by atoms with E-state index in [4.69, 9.17) is 23.1 Å². The standard InChI is InChI=1S/C11H10ClN5O2S/c1-19-9(18)7-3-5(12)2-6(15-7)8-4-20-11(16-8)17-10(13)14/h2-4H,1H3,(H4,13,14,16,17). The van der Waals surface area contributed by atoms with Crippen molar-refractivity contribution in [2.24, 2.45) is 16.5 Å². The van der Waals surface area contributed by atoms with Crippen LogP contribution >= 0.6 is 22.9 Å². The lowest BCUT2D eigenvalue weighted by atomic mass is 10.2. The number of pyridine rings is 1. The molecule has 4 N–H and O–H groups in total. The molecule has 2 aromatic rings. The van der Waals surface area contributed by atoms with E-state index < -0.39 is 5.97 Å². The first-order valence-electron chi connectivity index (χ1n) is 5.31. The number of halogens is 1. The molecule has 7 nitrogen and oxygen atoms in total. The number of guanidine groups is 1. The monoisotopic (exact) mass is 311 g/mol. The molecule has 0 atom stereocenters. The summed E-state index contributed by atoms with van der Waals surface area (Å²) in [4.78, 5) is 23.6. The summed E-state index contributed by atoms with van der Waals surface area (Å²) < 4.78 is 4.61. The van der Waals surface area contributed by atoms with E-state index in [0.717, 1.165) is 0 Å². The fraction of sp³-hybridized carbons (Fsp3) is 0.0909. The van der Waals surface area contributed by atoms with E-state index in [0.29, 0.717) is 21.5 Å². The van der Waals surface area contributed by atoms with Gasteiger partial charge in [-0.05, 0) is 12.1 Å². The lowest BCUT2D eigenvalue weighted by molar-refractivity contribution is 0.0594. The first-order valence-corrected chi connectivity index (χ1v) is 6.57. The van der Waals surface area contributed by atoms with Gasteiger partial charge in [-0.25, -0.2) is 14.8 Å². The van der Waals surface area contributed by atoms with Crippen molar-refractivity contribution in [3.8, 4) is 11.4 Å². The van der Waals surface area contributed by atoms with E-state index in [2.05, 4.69) is 19.7 Å². The first-order chi connectivity index (χ1) is 9.49. The number of carbonyl (C=O) groups excluding carboxylic acids is 1. The molecule has 104 valence electrons. The molecule has 0 radical (unpaired) electrons. The fourth-order valence-electron chi connectivity index (χ4n) is 1.38. The Kier molecular flexibility index (Phi) is 4.16. The number of methoxy groups -OCH3 is 1. The predicted octanol–water partition coefficient (Wildman–Crippen LogP) is 1.55. The number of rotatable bonds is 3. The number of carbonyl (C=O) groups is 1. The zero-order valence-corrected chi connectivity index (χ0v) is 11.9. The molecule has 2 heterocycles. The van der Waals surface area contributed by atoms with E-state index in [-0.39, 0.29) is 11.7 Å². The van der Waals surface area contributed by atoms with Crippen molar-refractivity contribution in [3.05, 3.63) is 28.2 Å². The molecule has 0 fully saturated rings. The molecule has 0 aliphatic carbocycles. The van der Waals surface area contributed by atoms with Crippen molar-refractivity contribution in [2.45, 2.75) is 0 Å². The summed E-state index contributed by atoms with van der Waals surface area (Å²) in [6.45, 7) is 0. The van der Waals surface area contributed by atoms with Crippen LogP contribution in [0.5, 0.6) is 0 Å². The van der Waals surface area contributed by atoms with Gasteiger partial charge in [0.05, 0.1) is 12.8 Å². The number of nitrogens with two attached hydrogens (primary N) is 2. The Morgan fingerprint density at radius 3 is 2.75 bits per heavy atom. The Balaban J connectivity index is 2.42. The van der Waals surface area contributed by atoms with Crippen LogP contribution in [0.4, 0.5) is 5.13 Å². The molecule has 20 heavy (non-hydrogen) atoms. The van der Waals surface area contributed by atoms with Crippen molar-refractivity contribution >= 4 is 40.0 Å². The van der Waals surface area contributed by atoms with Gasteiger partial charge in [0.25, 0.3) is 0 Å². The summed E-state index contributed by atoms with van der Waals surface area (Å²) >= 11 is 7.19. The van der Waals surface area contributed by atoms with E-state index in [1.165, 1.54) is 24.5 Å². The second kappa shape index (κ2) is 5.85. The maximum absolute atomic E-state index is 11.5.